The van der Waals surface area contributed by atoms with Crippen LogP contribution < -0.4 is 11.1 Å². The first-order valence-electron chi connectivity index (χ1n) is 6.80. The normalized spacial score (nSPS) is 23.0. The molecule has 2 atom stereocenters. The molecule has 1 aliphatic carbocycles. The zero-order valence-corrected chi connectivity index (χ0v) is 11.2. The lowest BCUT2D eigenvalue weighted by molar-refractivity contribution is 0.0697. The predicted molar refractivity (Wildman–Crippen MR) is 75.2 cm³/mol. The average Bonchev–Trinajstić information content (AvgIpc) is 2.38. The number of nitrogens with one attached hydrogen (secondary N) is 1. The number of carboxylic acid groups (broad SMARTS) is 1. The highest BCUT2D eigenvalue weighted by Gasteiger charge is 2.22. The van der Waals surface area contributed by atoms with Gasteiger partial charge in [-0.15, -0.1) is 0 Å². The van der Waals surface area contributed by atoms with Gasteiger partial charge in [0.2, 0.25) is 0 Å². The molecular weight excluding hydrogens is 242 g/mol. The Hall–Kier alpha value is -1.78. The van der Waals surface area contributed by atoms with Gasteiger partial charge in [-0.25, -0.2) is 9.78 Å². The molecule has 0 saturated heterocycles. The monoisotopic (exact) mass is 263 g/mol. The Balaban J connectivity index is 2.04. The Kier molecular flexibility index (Phi) is 4.24. The molecule has 2 unspecified atom stereocenters. The Morgan fingerprint density at radius 2 is 2.26 bits per heavy atom. The summed E-state index contributed by atoms with van der Waals surface area (Å²) in [6.45, 7) is 3.04. The molecule has 4 N–H and O–H groups in total. The fraction of sp³-hybridized carbons (Fsp3) is 0.571. The number of carboxylic acids is 1. The molecule has 1 heterocycles. The van der Waals surface area contributed by atoms with Crippen molar-refractivity contribution in [1.29, 1.82) is 0 Å². The molecule has 0 aliphatic heterocycles. The highest BCUT2D eigenvalue weighted by atomic mass is 16.4. The lowest BCUT2D eigenvalue weighted by atomic mass is 9.80. The molecule has 2 rings (SSSR count). The van der Waals surface area contributed by atoms with Crippen LogP contribution in [0.4, 0.5) is 11.5 Å². The summed E-state index contributed by atoms with van der Waals surface area (Å²) >= 11 is 0. The number of hydrogen-bond acceptors (Lipinski definition) is 4. The first-order chi connectivity index (χ1) is 9.08. The summed E-state index contributed by atoms with van der Waals surface area (Å²) in [6.07, 6.45) is 6.51. The van der Waals surface area contributed by atoms with Gasteiger partial charge < -0.3 is 16.2 Å². The third-order valence-electron chi connectivity index (χ3n) is 3.96. The van der Waals surface area contributed by atoms with Gasteiger partial charge in [-0.05, 0) is 24.3 Å². The standard InChI is InChI=1S/C14H21N3O2/c1-9-4-2-3-5-10(9)7-16-13-12(14(18)19)6-11(15)8-17-13/h6,8-10H,2-5,7,15H2,1H3,(H,16,17)(H,18,19). The first kappa shape index (κ1) is 13.6. The molecule has 1 saturated carbocycles. The number of hydrogen-bond donors (Lipinski definition) is 3. The molecule has 104 valence electrons. The zero-order chi connectivity index (χ0) is 13.8. The average molecular weight is 263 g/mol. The number of aromatic carboxylic acids is 1. The predicted octanol–water partition coefficient (Wildman–Crippen LogP) is 2.60. The van der Waals surface area contributed by atoms with Gasteiger partial charge in [-0.3, -0.25) is 0 Å². The molecule has 1 aromatic rings. The van der Waals surface area contributed by atoms with Crippen molar-refractivity contribution in [3.8, 4) is 0 Å². The van der Waals surface area contributed by atoms with Gasteiger partial charge in [0, 0.05) is 6.54 Å². The highest BCUT2D eigenvalue weighted by molar-refractivity contribution is 5.94. The Morgan fingerprint density at radius 1 is 1.53 bits per heavy atom. The molecule has 0 spiro atoms. The van der Waals surface area contributed by atoms with Gasteiger partial charge in [-0.2, -0.15) is 0 Å². The van der Waals surface area contributed by atoms with E-state index in [1.54, 1.807) is 0 Å². The van der Waals surface area contributed by atoms with Crippen molar-refractivity contribution in [2.45, 2.75) is 32.6 Å². The number of aromatic nitrogens is 1. The molecule has 5 nitrogen and oxygen atoms in total. The summed E-state index contributed by atoms with van der Waals surface area (Å²) in [5, 5.41) is 12.3. The highest BCUT2D eigenvalue weighted by Crippen LogP contribution is 2.29. The van der Waals surface area contributed by atoms with Crippen LogP contribution >= 0.6 is 0 Å². The summed E-state index contributed by atoms with van der Waals surface area (Å²) in [4.78, 5) is 15.2. The number of rotatable bonds is 4. The van der Waals surface area contributed by atoms with Gasteiger partial charge in [0.1, 0.15) is 11.4 Å². The fourth-order valence-electron chi connectivity index (χ4n) is 2.71. The quantitative estimate of drug-likeness (QED) is 0.777. The number of nitrogen functional groups attached to an aromatic ring is 1. The molecule has 0 amide bonds. The van der Waals surface area contributed by atoms with Crippen molar-refractivity contribution < 1.29 is 9.90 Å². The van der Waals surface area contributed by atoms with Crippen LogP contribution in [0, 0.1) is 11.8 Å². The minimum Gasteiger partial charge on any atom is -0.478 e. The third kappa shape index (κ3) is 3.36. The maximum Gasteiger partial charge on any atom is 0.339 e. The number of anilines is 2. The van der Waals surface area contributed by atoms with E-state index >= 15 is 0 Å². The second kappa shape index (κ2) is 5.91. The van der Waals surface area contributed by atoms with Crippen molar-refractivity contribution in [3.63, 3.8) is 0 Å². The Labute approximate surface area is 113 Å². The second-order valence-corrected chi connectivity index (χ2v) is 5.37. The third-order valence-corrected chi connectivity index (χ3v) is 3.96. The maximum atomic E-state index is 11.2. The molecule has 0 radical (unpaired) electrons. The molecule has 5 heteroatoms. The lowest BCUT2D eigenvalue weighted by Gasteiger charge is -2.29. The van der Waals surface area contributed by atoms with E-state index in [9.17, 15) is 4.79 Å². The van der Waals surface area contributed by atoms with E-state index in [4.69, 9.17) is 10.8 Å². The van der Waals surface area contributed by atoms with E-state index in [0.717, 1.165) is 6.54 Å². The number of carbonyl (C=O) groups is 1. The molecule has 1 aromatic heterocycles. The van der Waals surface area contributed by atoms with Crippen molar-refractivity contribution in [1.82, 2.24) is 4.98 Å². The van der Waals surface area contributed by atoms with Gasteiger partial charge >= 0.3 is 5.97 Å². The zero-order valence-electron chi connectivity index (χ0n) is 11.2. The second-order valence-electron chi connectivity index (χ2n) is 5.37. The molecule has 1 aliphatic rings. The number of pyridine rings is 1. The van der Waals surface area contributed by atoms with E-state index in [1.165, 1.54) is 37.9 Å². The maximum absolute atomic E-state index is 11.2. The SMILES string of the molecule is CC1CCCCC1CNc1ncc(N)cc1C(=O)O. The molecule has 19 heavy (non-hydrogen) atoms. The van der Waals surface area contributed by atoms with Crippen LogP contribution in [0.5, 0.6) is 0 Å². The van der Waals surface area contributed by atoms with Gasteiger partial charge in [0.05, 0.1) is 11.9 Å². The first-order valence-corrected chi connectivity index (χ1v) is 6.80. The topological polar surface area (TPSA) is 88.2 Å². The summed E-state index contributed by atoms with van der Waals surface area (Å²) in [5.41, 5.74) is 6.08. The molecule has 0 bridgehead atoms. The van der Waals surface area contributed by atoms with Crippen molar-refractivity contribution in [2.75, 3.05) is 17.6 Å². The van der Waals surface area contributed by atoms with E-state index in [1.807, 2.05) is 0 Å². The molecule has 1 fully saturated rings. The summed E-state index contributed by atoms with van der Waals surface area (Å²) in [7, 11) is 0. The minimum absolute atomic E-state index is 0.142. The van der Waals surface area contributed by atoms with Crippen molar-refractivity contribution in [3.05, 3.63) is 17.8 Å². The van der Waals surface area contributed by atoms with Crippen molar-refractivity contribution in [2.24, 2.45) is 11.8 Å². The Bertz CT molecular complexity index is 462. The molecule has 0 aromatic carbocycles. The van der Waals surface area contributed by atoms with Gasteiger partial charge in [0.15, 0.2) is 0 Å². The largest absolute Gasteiger partial charge is 0.478 e. The minimum atomic E-state index is -1.00. The summed E-state index contributed by atoms with van der Waals surface area (Å²) < 4.78 is 0. The summed E-state index contributed by atoms with van der Waals surface area (Å²) in [6, 6.07) is 1.45. The van der Waals surface area contributed by atoms with Crippen LogP contribution in [0.25, 0.3) is 0 Å². The number of nitrogens with two attached hydrogens (primary N) is 1. The van der Waals surface area contributed by atoms with Crippen LogP contribution in [0.3, 0.4) is 0 Å². The van der Waals surface area contributed by atoms with Crippen LogP contribution in [-0.4, -0.2) is 22.6 Å². The Morgan fingerprint density at radius 3 is 2.95 bits per heavy atom. The van der Waals surface area contributed by atoms with Crippen LogP contribution in [0.1, 0.15) is 43.0 Å². The van der Waals surface area contributed by atoms with E-state index in [2.05, 4.69) is 17.2 Å². The van der Waals surface area contributed by atoms with E-state index < -0.39 is 5.97 Å². The lowest BCUT2D eigenvalue weighted by Crippen LogP contribution is -2.25. The number of nitrogens with zero attached hydrogens (tertiary/aromatic N) is 1. The van der Waals surface area contributed by atoms with Crippen LogP contribution in [-0.2, 0) is 0 Å². The van der Waals surface area contributed by atoms with E-state index in [0.29, 0.717) is 23.3 Å². The van der Waals surface area contributed by atoms with Crippen LogP contribution in [0.15, 0.2) is 12.3 Å². The van der Waals surface area contributed by atoms with Crippen LogP contribution in [0.2, 0.25) is 0 Å². The van der Waals surface area contributed by atoms with E-state index in [-0.39, 0.29) is 5.56 Å². The summed E-state index contributed by atoms with van der Waals surface area (Å²) in [5.74, 6) is 0.691. The van der Waals surface area contributed by atoms with Crippen molar-refractivity contribution >= 4 is 17.5 Å². The fourth-order valence-corrected chi connectivity index (χ4v) is 2.71. The van der Waals surface area contributed by atoms with Gasteiger partial charge in [0.25, 0.3) is 0 Å². The van der Waals surface area contributed by atoms with Gasteiger partial charge in [-0.1, -0.05) is 26.2 Å². The smallest absolute Gasteiger partial charge is 0.339 e. The molecular formula is C14H21N3O2.